The normalized spacial score (nSPS) is 10.3. The summed E-state index contributed by atoms with van der Waals surface area (Å²) in [6, 6.07) is 6.74. The third-order valence-corrected chi connectivity index (χ3v) is 2.67. The Labute approximate surface area is 112 Å². The molecular formula is C13H8ClF2NO2. The summed E-state index contributed by atoms with van der Waals surface area (Å²) in [5, 5.41) is 11.1. The van der Waals surface area contributed by atoms with Crippen LogP contribution in [0.25, 0.3) is 0 Å². The number of nitrogens with one attached hydrogen (secondary N) is 1. The predicted molar refractivity (Wildman–Crippen MR) is 67.4 cm³/mol. The van der Waals surface area contributed by atoms with Crippen molar-refractivity contribution >= 4 is 23.2 Å². The van der Waals surface area contributed by atoms with Gasteiger partial charge in [0, 0.05) is 11.6 Å². The van der Waals surface area contributed by atoms with E-state index in [4.69, 9.17) is 16.7 Å². The van der Waals surface area contributed by atoms with Crippen LogP contribution in [0, 0.1) is 11.6 Å². The summed E-state index contributed by atoms with van der Waals surface area (Å²) in [6.45, 7) is 0. The number of benzene rings is 2. The lowest BCUT2D eigenvalue weighted by atomic mass is 10.2. The molecule has 98 valence electrons. The first-order valence-corrected chi connectivity index (χ1v) is 5.60. The van der Waals surface area contributed by atoms with Gasteiger partial charge in [0.15, 0.2) is 0 Å². The number of carbonyl (C=O) groups excluding carboxylic acids is 1. The van der Waals surface area contributed by atoms with Gasteiger partial charge in [0.1, 0.15) is 17.4 Å². The Morgan fingerprint density at radius 2 is 1.84 bits per heavy atom. The lowest BCUT2D eigenvalue weighted by Crippen LogP contribution is -2.13. The minimum absolute atomic E-state index is 0.0942. The first-order valence-electron chi connectivity index (χ1n) is 5.22. The number of aromatic hydroxyl groups is 1. The van der Waals surface area contributed by atoms with Crippen molar-refractivity contribution < 1.29 is 18.7 Å². The number of hydrogen-bond donors (Lipinski definition) is 2. The average Bonchev–Trinajstić information content (AvgIpc) is 2.36. The van der Waals surface area contributed by atoms with Crippen molar-refractivity contribution in [2.45, 2.75) is 0 Å². The quantitative estimate of drug-likeness (QED) is 0.828. The summed E-state index contributed by atoms with van der Waals surface area (Å²) < 4.78 is 26.4. The monoisotopic (exact) mass is 283 g/mol. The molecule has 0 aliphatic carbocycles. The highest BCUT2D eigenvalue weighted by Gasteiger charge is 2.11. The van der Waals surface area contributed by atoms with Crippen molar-refractivity contribution in [3.8, 4) is 5.75 Å². The Balaban J connectivity index is 2.23. The van der Waals surface area contributed by atoms with Crippen LogP contribution in [0.3, 0.4) is 0 Å². The second kappa shape index (κ2) is 5.24. The van der Waals surface area contributed by atoms with Gasteiger partial charge in [0.05, 0.1) is 10.7 Å². The van der Waals surface area contributed by atoms with Gasteiger partial charge in [-0.3, -0.25) is 4.79 Å². The van der Waals surface area contributed by atoms with Crippen molar-refractivity contribution in [3.63, 3.8) is 0 Å². The van der Waals surface area contributed by atoms with Crippen LogP contribution < -0.4 is 5.32 Å². The van der Waals surface area contributed by atoms with E-state index in [9.17, 15) is 13.6 Å². The van der Waals surface area contributed by atoms with Gasteiger partial charge in [-0.25, -0.2) is 8.78 Å². The first-order chi connectivity index (χ1) is 8.97. The fourth-order valence-electron chi connectivity index (χ4n) is 1.44. The predicted octanol–water partition coefficient (Wildman–Crippen LogP) is 3.58. The van der Waals surface area contributed by atoms with Crippen LogP contribution in [0.5, 0.6) is 5.75 Å². The van der Waals surface area contributed by atoms with E-state index in [1.165, 1.54) is 18.2 Å². The molecule has 0 spiro atoms. The van der Waals surface area contributed by atoms with E-state index in [-0.39, 0.29) is 22.0 Å². The van der Waals surface area contributed by atoms with E-state index >= 15 is 0 Å². The van der Waals surface area contributed by atoms with Gasteiger partial charge in [0.25, 0.3) is 5.91 Å². The maximum atomic E-state index is 13.4. The van der Waals surface area contributed by atoms with Crippen LogP contribution in [-0.4, -0.2) is 11.0 Å². The lowest BCUT2D eigenvalue weighted by Gasteiger charge is -2.07. The highest BCUT2D eigenvalue weighted by Crippen LogP contribution is 2.21. The molecule has 0 radical (unpaired) electrons. The molecule has 0 aliphatic rings. The first kappa shape index (κ1) is 13.3. The maximum Gasteiger partial charge on any atom is 0.255 e. The van der Waals surface area contributed by atoms with Crippen LogP contribution in [0.15, 0.2) is 36.4 Å². The Morgan fingerprint density at radius 1 is 1.11 bits per heavy atom. The van der Waals surface area contributed by atoms with Gasteiger partial charge in [-0.05, 0) is 30.3 Å². The number of carbonyl (C=O) groups is 1. The van der Waals surface area contributed by atoms with Crippen molar-refractivity contribution in [2.24, 2.45) is 0 Å². The summed E-state index contributed by atoms with van der Waals surface area (Å²) in [4.78, 5) is 11.8. The van der Waals surface area contributed by atoms with E-state index < -0.39 is 17.5 Å². The molecule has 0 fully saturated rings. The fraction of sp³-hybridized carbons (Fsp3) is 0. The minimum atomic E-state index is -0.776. The number of anilines is 1. The van der Waals surface area contributed by atoms with E-state index in [1.807, 2.05) is 0 Å². The molecule has 0 heterocycles. The van der Waals surface area contributed by atoms with Crippen LogP contribution >= 0.6 is 11.6 Å². The third kappa shape index (κ3) is 3.00. The summed E-state index contributed by atoms with van der Waals surface area (Å²) >= 11 is 5.55. The second-order valence-corrected chi connectivity index (χ2v) is 4.15. The molecule has 0 unspecified atom stereocenters. The van der Waals surface area contributed by atoms with Gasteiger partial charge in [-0.15, -0.1) is 0 Å². The largest absolute Gasteiger partial charge is 0.508 e. The molecule has 2 aromatic rings. The van der Waals surface area contributed by atoms with E-state index in [0.717, 1.165) is 18.2 Å². The van der Waals surface area contributed by atoms with Crippen LogP contribution in [0.4, 0.5) is 14.5 Å². The van der Waals surface area contributed by atoms with Gasteiger partial charge < -0.3 is 10.4 Å². The summed E-state index contributed by atoms with van der Waals surface area (Å²) in [5.41, 5.74) is 0.00197. The molecule has 6 heteroatoms. The van der Waals surface area contributed by atoms with E-state index in [0.29, 0.717) is 0 Å². The molecule has 19 heavy (non-hydrogen) atoms. The van der Waals surface area contributed by atoms with Crippen molar-refractivity contribution in [2.75, 3.05) is 5.32 Å². The number of halogens is 3. The standard InChI is InChI=1S/C13H8ClF2NO2/c14-9-5-7(1-3-10(9)15)13(19)17-12-4-2-8(18)6-11(12)16/h1-6,18H,(H,17,19). The van der Waals surface area contributed by atoms with Gasteiger partial charge in [0.2, 0.25) is 0 Å². The van der Waals surface area contributed by atoms with Gasteiger partial charge >= 0.3 is 0 Å². The van der Waals surface area contributed by atoms with Gasteiger partial charge in [-0.2, -0.15) is 0 Å². The molecule has 0 bridgehead atoms. The molecule has 0 aliphatic heterocycles. The molecule has 0 saturated carbocycles. The zero-order valence-corrected chi connectivity index (χ0v) is 10.2. The molecule has 3 nitrogen and oxygen atoms in total. The minimum Gasteiger partial charge on any atom is -0.508 e. The number of phenolic OH excluding ortho intramolecular Hbond substituents is 1. The molecule has 2 rings (SSSR count). The maximum absolute atomic E-state index is 13.4. The highest BCUT2D eigenvalue weighted by atomic mass is 35.5. The summed E-state index contributed by atoms with van der Waals surface area (Å²) in [6.07, 6.45) is 0. The zero-order chi connectivity index (χ0) is 14.0. The SMILES string of the molecule is O=C(Nc1ccc(O)cc1F)c1ccc(F)c(Cl)c1. The molecule has 0 atom stereocenters. The topological polar surface area (TPSA) is 49.3 Å². The Morgan fingerprint density at radius 3 is 2.47 bits per heavy atom. The smallest absolute Gasteiger partial charge is 0.255 e. The van der Waals surface area contributed by atoms with Crippen molar-refractivity contribution in [3.05, 3.63) is 58.6 Å². The third-order valence-electron chi connectivity index (χ3n) is 2.38. The second-order valence-electron chi connectivity index (χ2n) is 3.75. The molecule has 2 N–H and O–H groups in total. The zero-order valence-electron chi connectivity index (χ0n) is 9.45. The van der Waals surface area contributed by atoms with Crippen LogP contribution in [0.2, 0.25) is 5.02 Å². The number of phenols is 1. The van der Waals surface area contributed by atoms with E-state index in [1.54, 1.807) is 0 Å². The Hall–Kier alpha value is -2.14. The number of rotatable bonds is 2. The van der Waals surface area contributed by atoms with E-state index in [2.05, 4.69) is 5.32 Å². The summed E-state index contributed by atoms with van der Waals surface area (Å²) in [5.74, 6) is -2.30. The average molecular weight is 284 g/mol. The van der Waals surface area contributed by atoms with Gasteiger partial charge in [-0.1, -0.05) is 11.6 Å². The highest BCUT2D eigenvalue weighted by molar-refractivity contribution is 6.31. The molecule has 0 aromatic heterocycles. The number of hydrogen-bond acceptors (Lipinski definition) is 2. The Bertz CT molecular complexity index is 647. The Kier molecular flexibility index (Phi) is 3.66. The van der Waals surface area contributed by atoms with Crippen LogP contribution in [0.1, 0.15) is 10.4 Å². The summed E-state index contributed by atoms with van der Waals surface area (Å²) in [7, 11) is 0. The van der Waals surface area contributed by atoms with Crippen LogP contribution in [-0.2, 0) is 0 Å². The number of amides is 1. The molecule has 1 amide bonds. The van der Waals surface area contributed by atoms with Crippen molar-refractivity contribution in [1.29, 1.82) is 0 Å². The molecule has 0 saturated heterocycles. The molecule has 2 aromatic carbocycles. The van der Waals surface area contributed by atoms with Crippen molar-refractivity contribution in [1.82, 2.24) is 0 Å². The lowest BCUT2D eigenvalue weighted by molar-refractivity contribution is 0.102. The molecular weight excluding hydrogens is 276 g/mol. The fourth-order valence-corrected chi connectivity index (χ4v) is 1.62.